The maximum Gasteiger partial charge on any atom is 0.318 e. The smallest absolute Gasteiger partial charge is 0.318 e. The van der Waals surface area contributed by atoms with Crippen LogP contribution in [-0.2, 0) is 0 Å². The normalized spacial score (nSPS) is 15.0. The fraction of sp³-hybridized carbons (Fsp3) is 0.400. The van der Waals surface area contributed by atoms with Gasteiger partial charge in [-0.05, 0) is 29.7 Å². The number of nitriles is 1. The van der Waals surface area contributed by atoms with E-state index in [-0.39, 0.29) is 11.8 Å². The second-order valence-electron chi connectivity index (χ2n) is 8.95. The number of nitrogens with zero attached hydrogens (tertiary/aromatic N) is 3. The first-order valence-corrected chi connectivity index (χ1v) is 10.7. The molecule has 1 unspecified atom stereocenters. The van der Waals surface area contributed by atoms with Crippen LogP contribution in [0.1, 0.15) is 36.7 Å². The van der Waals surface area contributed by atoms with Gasteiger partial charge in [-0.1, -0.05) is 45.0 Å². The van der Waals surface area contributed by atoms with Gasteiger partial charge in [0.05, 0.1) is 30.5 Å². The zero-order chi connectivity index (χ0) is 23.3. The van der Waals surface area contributed by atoms with Crippen LogP contribution in [0.2, 0.25) is 0 Å². The lowest BCUT2D eigenvalue weighted by Gasteiger charge is -2.38. The van der Waals surface area contributed by atoms with Gasteiger partial charge in [-0.3, -0.25) is 4.79 Å². The molecule has 2 amide bonds. The summed E-state index contributed by atoms with van der Waals surface area (Å²) in [6.45, 7) is 8.24. The maximum absolute atomic E-state index is 13.2. The Balaban J connectivity index is 1.67. The molecule has 1 heterocycles. The monoisotopic (exact) mass is 434 g/mol. The van der Waals surface area contributed by atoms with Crippen molar-refractivity contribution in [2.24, 2.45) is 5.41 Å². The molecule has 0 radical (unpaired) electrons. The molecule has 2 aromatic rings. The van der Waals surface area contributed by atoms with E-state index in [0.29, 0.717) is 37.3 Å². The number of benzene rings is 2. The number of Topliss-reactive ketones (excluding diaryl/α,β-unsaturated/α-hetero) is 1. The molecule has 1 saturated heterocycles. The van der Waals surface area contributed by atoms with Crippen molar-refractivity contribution in [2.45, 2.75) is 26.8 Å². The highest BCUT2D eigenvalue weighted by Crippen LogP contribution is 2.28. The molecule has 168 valence electrons. The van der Waals surface area contributed by atoms with Crippen molar-refractivity contribution in [2.75, 3.05) is 38.2 Å². The molecule has 0 aromatic heterocycles. The van der Waals surface area contributed by atoms with Crippen LogP contribution in [0.25, 0.3) is 0 Å². The Hall–Kier alpha value is -3.53. The second kappa shape index (κ2) is 9.73. The fourth-order valence-corrected chi connectivity index (χ4v) is 3.81. The number of hydrogen-bond donors (Lipinski definition) is 1. The van der Waals surface area contributed by atoms with E-state index in [4.69, 9.17) is 10.00 Å². The van der Waals surface area contributed by atoms with Crippen LogP contribution in [0.15, 0.2) is 48.5 Å². The molecule has 2 aromatic carbocycles. The lowest BCUT2D eigenvalue weighted by molar-refractivity contribution is 0.0862. The quantitative estimate of drug-likeness (QED) is 0.726. The number of methoxy groups -OCH3 is 1. The number of carbonyl (C=O) groups excluding carboxylic acids is 2. The third-order valence-electron chi connectivity index (χ3n) is 5.69. The van der Waals surface area contributed by atoms with Gasteiger partial charge in [-0.25, -0.2) is 4.79 Å². The van der Waals surface area contributed by atoms with Crippen molar-refractivity contribution in [1.82, 2.24) is 10.2 Å². The number of anilines is 1. The molecule has 1 aliphatic heterocycles. The minimum Gasteiger partial charge on any atom is -0.495 e. The molecule has 0 aliphatic carbocycles. The summed E-state index contributed by atoms with van der Waals surface area (Å²) in [6, 6.07) is 15.5. The standard InChI is InChI=1S/C25H30N4O3/c1-25(2,3)23(22(30)19-11-9-18(17-26)10-12-19)27-24(31)29-15-13-28(14-16-29)20-7-5-6-8-21(20)32-4/h5-12,23H,13-16H2,1-4H3,(H,27,31). The SMILES string of the molecule is COc1ccccc1N1CCN(C(=O)NC(C(=O)c2ccc(C#N)cc2)C(C)(C)C)CC1. The van der Waals surface area contributed by atoms with Crippen LogP contribution in [0.4, 0.5) is 10.5 Å². The Labute approximate surface area is 189 Å². The second-order valence-corrected chi connectivity index (χ2v) is 8.95. The zero-order valence-corrected chi connectivity index (χ0v) is 19.1. The van der Waals surface area contributed by atoms with Crippen molar-refractivity contribution < 1.29 is 14.3 Å². The predicted molar refractivity (Wildman–Crippen MR) is 124 cm³/mol. The maximum atomic E-state index is 13.2. The minimum absolute atomic E-state index is 0.164. The van der Waals surface area contributed by atoms with Gasteiger partial charge in [0.2, 0.25) is 0 Å². The van der Waals surface area contributed by atoms with Crippen LogP contribution in [-0.4, -0.2) is 56.0 Å². The summed E-state index contributed by atoms with van der Waals surface area (Å²) in [7, 11) is 1.65. The first kappa shape index (κ1) is 23.1. The molecule has 0 saturated carbocycles. The van der Waals surface area contributed by atoms with Gasteiger partial charge in [-0.2, -0.15) is 5.26 Å². The van der Waals surface area contributed by atoms with E-state index in [0.717, 1.165) is 11.4 Å². The number of carbonyl (C=O) groups is 2. The van der Waals surface area contributed by atoms with Crippen LogP contribution in [0, 0.1) is 16.7 Å². The molecule has 1 atom stereocenters. The third-order valence-corrected chi connectivity index (χ3v) is 5.69. The Morgan fingerprint density at radius 2 is 1.66 bits per heavy atom. The van der Waals surface area contributed by atoms with Crippen molar-refractivity contribution >= 4 is 17.5 Å². The number of rotatable bonds is 5. The molecule has 3 rings (SSSR count). The largest absolute Gasteiger partial charge is 0.495 e. The summed E-state index contributed by atoms with van der Waals surface area (Å²) >= 11 is 0. The van der Waals surface area contributed by atoms with E-state index in [9.17, 15) is 9.59 Å². The van der Waals surface area contributed by atoms with Crippen LogP contribution >= 0.6 is 0 Å². The van der Waals surface area contributed by atoms with Crippen LogP contribution < -0.4 is 15.0 Å². The highest BCUT2D eigenvalue weighted by Gasteiger charge is 2.35. The van der Waals surface area contributed by atoms with E-state index < -0.39 is 11.5 Å². The topological polar surface area (TPSA) is 85.7 Å². The molecule has 1 aliphatic rings. The van der Waals surface area contributed by atoms with E-state index in [2.05, 4.69) is 16.3 Å². The number of para-hydroxylation sites is 2. The average Bonchev–Trinajstić information content (AvgIpc) is 2.81. The molecular formula is C25H30N4O3. The molecule has 0 spiro atoms. The lowest BCUT2D eigenvalue weighted by atomic mass is 9.82. The molecule has 7 heteroatoms. The third kappa shape index (κ3) is 5.20. The number of piperazine rings is 1. The van der Waals surface area contributed by atoms with Gasteiger partial charge in [0, 0.05) is 31.7 Å². The van der Waals surface area contributed by atoms with Crippen LogP contribution in [0.5, 0.6) is 5.75 Å². The van der Waals surface area contributed by atoms with E-state index in [1.807, 2.05) is 45.0 Å². The van der Waals surface area contributed by atoms with Gasteiger partial charge in [0.1, 0.15) is 5.75 Å². The lowest BCUT2D eigenvalue weighted by Crippen LogP contribution is -2.57. The van der Waals surface area contributed by atoms with Gasteiger partial charge >= 0.3 is 6.03 Å². The predicted octanol–water partition coefficient (Wildman–Crippen LogP) is 3.70. The average molecular weight is 435 g/mol. The van der Waals surface area contributed by atoms with Crippen molar-refractivity contribution in [1.29, 1.82) is 5.26 Å². The Kier molecular flexibility index (Phi) is 7.04. The van der Waals surface area contributed by atoms with E-state index in [1.54, 1.807) is 36.3 Å². The number of ketones is 1. The molecule has 1 fully saturated rings. The number of nitrogens with one attached hydrogen (secondary N) is 1. The first-order valence-electron chi connectivity index (χ1n) is 10.7. The molecule has 32 heavy (non-hydrogen) atoms. The summed E-state index contributed by atoms with van der Waals surface area (Å²) in [5, 5.41) is 11.9. The zero-order valence-electron chi connectivity index (χ0n) is 19.1. The Bertz CT molecular complexity index is 997. The van der Waals surface area contributed by atoms with Crippen LogP contribution in [0.3, 0.4) is 0 Å². The Morgan fingerprint density at radius 3 is 2.22 bits per heavy atom. The number of urea groups is 1. The van der Waals surface area contributed by atoms with E-state index >= 15 is 0 Å². The molecule has 0 bridgehead atoms. The first-order chi connectivity index (χ1) is 15.2. The van der Waals surface area contributed by atoms with E-state index in [1.165, 1.54) is 0 Å². The van der Waals surface area contributed by atoms with Gasteiger partial charge in [0.25, 0.3) is 0 Å². The summed E-state index contributed by atoms with van der Waals surface area (Å²) in [5.41, 5.74) is 1.51. The number of hydrogen-bond acceptors (Lipinski definition) is 5. The molecular weight excluding hydrogens is 404 g/mol. The molecule has 1 N–H and O–H groups in total. The van der Waals surface area contributed by atoms with Gasteiger partial charge < -0.3 is 19.9 Å². The summed E-state index contributed by atoms with van der Waals surface area (Å²) < 4.78 is 5.46. The Morgan fingerprint density at radius 1 is 1.03 bits per heavy atom. The van der Waals surface area contributed by atoms with Gasteiger partial charge in [0.15, 0.2) is 5.78 Å². The highest BCUT2D eigenvalue weighted by atomic mass is 16.5. The van der Waals surface area contributed by atoms with Gasteiger partial charge in [-0.15, -0.1) is 0 Å². The van der Waals surface area contributed by atoms with Crippen molar-refractivity contribution in [3.63, 3.8) is 0 Å². The summed E-state index contributed by atoms with van der Waals surface area (Å²) in [4.78, 5) is 30.2. The number of ether oxygens (including phenoxy) is 1. The highest BCUT2D eigenvalue weighted by molar-refractivity contribution is 6.02. The minimum atomic E-state index is -0.685. The number of amides is 2. The molecule has 7 nitrogen and oxygen atoms in total. The fourth-order valence-electron chi connectivity index (χ4n) is 3.81. The summed E-state index contributed by atoms with van der Waals surface area (Å²) in [6.07, 6.45) is 0. The van der Waals surface area contributed by atoms with Crippen molar-refractivity contribution in [3.8, 4) is 11.8 Å². The van der Waals surface area contributed by atoms with Crippen molar-refractivity contribution in [3.05, 3.63) is 59.7 Å². The summed E-state index contributed by atoms with van der Waals surface area (Å²) in [5.74, 6) is 0.647.